The minimum Gasteiger partial charge on any atom is -0.460 e. The third kappa shape index (κ3) is 4.65. The van der Waals surface area contributed by atoms with Gasteiger partial charge in [0.15, 0.2) is 0 Å². The molecule has 3 aromatic rings. The van der Waals surface area contributed by atoms with Crippen molar-refractivity contribution in [1.82, 2.24) is 5.32 Å². The summed E-state index contributed by atoms with van der Waals surface area (Å²) in [5, 5.41) is 14.8. The first-order valence-electron chi connectivity index (χ1n) is 8.04. The maximum absolute atomic E-state index is 10.4. The first kappa shape index (κ1) is 18.0. The van der Waals surface area contributed by atoms with Crippen LogP contribution in [0, 0.1) is 0 Å². The van der Waals surface area contributed by atoms with Crippen molar-refractivity contribution in [2.75, 3.05) is 0 Å². The van der Waals surface area contributed by atoms with E-state index in [0.29, 0.717) is 22.4 Å². The van der Waals surface area contributed by atoms with E-state index in [1.165, 1.54) is 0 Å². The number of furan rings is 1. The lowest BCUT2D eigenvalue weighted by molar-refractivity contribution is 0.134. The second-order valence-electron chi connectivity index (χ2n) is 5.95. The number of aliphatic hydroxyl groups is 1. The summed E-state index contributed by atoms with van der Waals surface area (Å²) in [5.74, 6) is 1.48. The predicted octanol–water partition coefficient (Wildman–Crippen LogP) is 5.47. The van der Waals surface area contributed by atoms with Crippen LogP contribution in [0.25, 0.3) is 11.3 Å². The van der Waals surface area contributed by atoms with Crippen LogP contribution in [-0.2, 0) is 6.54 Å². The normalized spacial score (nSPS) is 13.6. The summed E-state index contributed by atoms with van der Waals surface area (Å²) < 4.78 is 5.85. The molecule has 0 aliphatic heterocycles. The summed E-state index contributed by atoms with van der Waals surface area (Å²) in [6.45, 7) is 2.46. The molecule has 5 heteroatoms. The Morgan fingerprint density at radius 3 is 2.36 bits per heavy atom. The topological polar surface area (TPSA) is 45.4 Å². The summed E-state index contributed by atoms with van der Waals surface area (Å²) in [4.78, 5) is 0. The third-order valence-electron chi connectivity index (χ3n) is 4.02. The fraction of sp³-hybridized carbons (Fsp3) is 0.200. The smallest absolute Gasteiger partial charge is 0.134 e. The van der Waals surface area contributed by atoms with Crippen molar-refractivity contribution in [2.45, 2.75) is 25.6 Å². The Labute approximate surface area is 157 Å². The van der Waals surface area contributed by atoms with E-state index in [1.54, 1.807) is 6.07 Å². The fourth-order valence-corrected chi connectivity index (χ4v) is 3.16. The number of aliphatic hydroxyl groups excluding tert-OH is 1. The number of halogens is 2. The number of benzene rings is 2. The molecule has 2 N–H and O–H groups in total. The quantitative estimate of drug-likeness (QED) is 0.600. The van der Waals surface area contributed by atoms with E-state index in [-0.39, 0.29) is 6.04 Å². The Kier molecular flexibility index (Phi) is 5.82. The zero-order valence-corrected chi connectivity index (χ0v) is 15.3. The molecule has 2 aromatic carbocycles. The molecule has 3 rings (SSSR count). The average molecular weight is 376 g/mol. The van der Waals surface area contributed by atoms with Crippen LogP contribution < -0.4 is 5.32 Å². The molecule has 0 unspecified atom stereocenters. The predicted molar refractivity (Wildman–Crippen MR) is 102 cm³/mol. The molecule has 1 heterocycles. The van der Waals surface area contributed by atoms with Crippen molar-refractivity contribution in [3.8, 4) is 11.3 Å². The molecule has 25 heavy (non-hydrogen) atoms. The molecule has 0 radical (unpaired) electrons. The van der Waals surface area contributed by atoms with Gasteiger partial charge >= 0.3 is 0 Å². The molecule has 130 valence electrons. The van der Waals surface area contributed by atoms with E-state index < -0.39 is 6.10 Å². The largest absolute Gasteiger partial charge is 0.460 e. The van der Waals surface area contributed by atoms with Crippen molar-refractivity contribution in [3.05, 3.63) is 82.0 Å². The molecule has 0 amide bonds. The summed E-state index contributed by atoms with van der Waals surface area (Å²) >= 11 is 12.1. The molecular formula is C20H19Cl2NO2. The van der Waals surface area contributed by atoms with Crippen molar-refractivity contribution >= 4 is 23.2 Å². The van der Waals surface area contributed by atoms with Crippen molar-refractivity contribution < 1.29 is 9.52 Å². The SMILES string of the molecule is C[C@H](NCc1ccc(-c2cc(Cl)cc(Cl)c2)o1)[C@H](O)c1ccccc1. The Bertz CT molecular complexity index is 812. The average Bonchev–Trinajstić information content (AvgIpc) is 3.08. The number of hydrogen-bond donors (Lipinski definition) is 2. The maximum atomic E-state index is 10.4. The summed E-state index contributed by atoms with van der Waals surface area (Å²) in [5.41, 5.74) is 1.72. The molecule has 0 aliphatic rings. The van der Waals surface area contributed by atoms with Gasteiger partial charge < -0.3 is 14.8 Å². The Balaban J connectivity index is 1.63. The molecule has 0 spiro atoms. The highest BCUT2D eigenvalue weighted by molar-refractivity contribution is 6.35. The van der Waals surface area contributed by atoms with E-state index in [9.17, 15) is 5.11 Å². The molecule has 0 aliphatic carbocycles. The Morgan fingerprint density at radius 2 is 1.68 bits per heavy atom. The van der Waals surface area contributed by atoms with Gasteiger partial charge in [0.25, 0.3) is 0 Å². The lowest BCUT2D eigenvalue weighted by Crippen LogP contribution is -2.31. The second-order valence-corrected chi connectivity index (χ2v) is 6.82. The number of rotatable bonds is 6. The van der Waals surface area contributed by atoms with Crippen molar-refractivity contribution in [3.63, 3.8) is 0 Å². The minimum atomic E-state index is -0.581. The van der Waals surface area contributed by atoms with Gasteiger partial charge in [-0.15, -0.1) is 0 Å². The fourth-order valence-electron chi connectivity index (χ4n) is 2.64. The van der Waals surface area contributed by atoms with Gasteiger partial charge in [0.05, 0.1) is 12.6 Å². The van der Waals surface area contributed by atoms with E-state index >= 15 is 0 Å². The van der Waals surface area contributed by atoms with Crippen LogP contribution in [0.2, 0.25) is 10.0 Å². The van der Waals surface area contributed by atoms with Crippen LogP contribution in [0.4, 0.5) is 0 Å². The van der Waals surface area contributed by atoms with E-state index in [0.717, 1.165) is 16.9 Å². The van der Waals surface area contributed by atoms with Gasteiger partial charge in [0.2, 0.25) is 0 Å². The van der Waals surface area contributed by atoms with Gasteiger partial charge in [-0.05, 0) is 42.8 Å². The van der Waals surface area contributed by atoms with Gasteiger partial charge in [-0.3, -0.25) is 0 Å². The first-order chi connectivity index (χ1) is 12.0. The maximum Gasteiger partial charge on any atom is 0.134 e. The van der Waals surface area contributed by atoms with Gasteiger partial charge in [0.1, 0.15) is 11.5 Å². The van der Waals surface area contributed by atoms with Gasteiger partial charge in [-0.1, -0.05) is 53.5 Å². The summed E-state index contributed by atoms with van der Waals surface area (Å²) in [7, 11) is 0. The molecule has 2 atom stereocenters. The second kappa shape index (κ2) is 8.07. The Hall–Kier alpha value is -1.78. The van der Waals surface area contributed by atoms with Crippen LogP contribution in [0.15, 0.2) is 65.1 Å². The molecule has 0 fully saturated rings. The molecule has 0 saturated carbocycles. The highest BCUT2D eigenvalue weighted by atomic mass is 35.5. The molecular weight excluding hydrogens is 357 g/mol. The number of nitrogens with one attached hydrogen (secondary N) is 1. The van der Waals surface area contributed by atoms with E-state index in [2.05, 4.69) is 5.32 Å². The summed E-state index contributed by atoms with van der Waals surface area (Å²) in [6.07, 6.45) is -0.581. The monoisotopic (exact) mass is 375 g/mol. The number of hydrogen-bond acceptors (Lipinski definition) is 3. The van der Waals surface area contributed by atoms with E-state index in [1.807, 2.05) is 61.5 Å². The zero-order chi connectivity index (χ0) is 17.8. The van der Waals surface area contributed by atoms with Crippen molar-refractivity contribution in [2.24, 2.45) is 0 Å². The van der Waals surface area contributed by atoms with Gasteiger partial charge in [0, 0.05) is 21.7 Å². The lowest BCUT2D eigenvalue weighted by Gasteiger charge is -2.20. The highest BCUT2D eigenvalue weighted by Gasteiger charge is 2.16. The Morgan fingerprint density at radius 1 is 1.00 bits per heavy atom. The van der Waals surface area contributed by atoms with Crippen LogP contribution >= 0.6 is 23.2 Å². The van der Waals surface area contributed by atoms with Crippen LogP contribution in [0.5, 0.6) is 0 Å². The van der Waals surface area contributed by atoms with Crippen LogP contribution in [0.1, 0.15) is 24.4 Å². The van der Waals surface area contributed by atoms with Crippen LogP contribution in [-0.4, -0.2) is 11.1 Å². The summed E-state index contributed by atoms with van der Waals surface area (Å²) in [6, 6.07) is 18.6. The van der Waals surface area contributed by atoms with Gasteiger partial charge in [-0.25, -0.2) is 0 Å². The molecule has 3 nitrogen and oxygen atoms in total. The molecule has 0 saturated heterocycles. The van der Waals surface area contributed by atoms with Gasteiger partial charge in [-0.2, -0.15) is 0 Å². The first-order valence-corrected chi connectivity index (χ1v) is 8.80. The zero-order valence-electron chi connectivity index (χ0n) is 13.7. The molecule has 1 aromatic heterocycles. The molecule has 0 bridgehead atoms. The van der Waals surface area contributed by atoms with Crippen molar-refractivity contribution in [1.29, 1.82) is 0 Å². The third-order valence-corrected chi connectivity index (χ3v) is 4.46. The standard InChI is InChI=1S/C20H19Cl2NO2/c1-13(20(24)14-5-3-2-4-6-14)23-12-18-7-8-19(25-18)15-9-16(21)11-17(22)10-15/h2-11,13,20,23-24H,12H2,1H3/t13-,20-/m0/s1. The highest BCUT2D eigenvalue weighted by Crippen LogP contribution is 2.28. The minimum absolute atomic E-state index is 0.114. The van der Waals surface area contributed by atoms with Crippen LogP contribution in [0.3, 0.4) is 0 Å². The van der Waals surface area contributed by atoms with E-state index in [4.69, 9.17) is 27.6 Å². The lowest BCUT2D eigenvalue weighted by atomic mass is 10.0.